The fraction of sp³-hybridized carbons (Fsp3) is 0.833. The van der Waals surface area contributed by atoms with E-state index in [4.69, 9.17) is 4.74 Å². The van der Waals surface area contributed by atoms with Crippen LogP contribution in [0.15, 0.2) is 0 Å². The van der Waals surface area contributed by atoms with Gasteiger partial charge in [0.15, 0.2) is 0 Å². The maximum absolute atomic E-state index is 13.3. The van der Waals surface area contributed by atoms with E-state index in [1.165, 1.54) is 0 Å². The standard InChI is InChI=1S/C18H23F9O6/c1-4-14(2,3)13(30)33-10-9-32-12(29)6-5-11(28)31-8-7-15(19,20)16(21,22)17(23,24)18(25,26)27/h4-10H2,1-3H3. The summed E-state index contributed by atoms with van der Waals surface area (Å²) in [4.78, 5) is 34.4. The summed E-state index contributed by atoms with van der Waals surface area (Å²) >= 11 is 0. The van der Waals surface area contributed by atoms with E-state index < -0.39 is 73.1 Å². The Morgan fingerprint density at radius 1 is 0.667 bits per heavy atom. The van der Waals surface area contributed by atoms with Gasteiger partial charge in [-0.2, -0.15) is 39.5 Å². The Kier molecular flexibility index (Phi) is 10.5. The van der Waals surface area contributed by atoms with Crippen LogP contribution < -0.4 is 0 Å². The molecule has 0 aliphatic carbocycles. The number of halogens is 9. The molecule has 0 radical (unpaired) electrons. The summed E-state index contributed by atoms with van der Waals surface area (Å²) in [6.07, 6.45) is -10.2. The predicted octanol–water partition coefficient (Wildman–Crippen LogP) is 4.69. The molecular formula is C18H23F9O6. The van der Waals surface area contributed by atoms with Crippen molar-refractivity contribution in [2.75, 3.05) is 19.8 Å². The summed E-state index contributed by atoms with van der Waals surface area (Å²) in [6.45, 7) is 2.74. The molecule has 33 heavy (non-hydrogen) atoms. The molecule has 0 aliphatic rings. The fourth-order valence-corrected chi connectivity index (χ4v) is 1.84. The van der Waals surface area contributed by atoms with Gasteiger partial charge in [0.25, 0.3) is 0 Å². The Balaban J connectivity index is 4.40. The lowest BCUT2D eigenvalue weighted by atomic mass is 9.91. The first-order valence-corrected chi connectivity index (χ1v) is 9.41. The molecule has 0 aromatic carbocycles. The van der Waals surface area contributed by atoms with E-state index in [0.717, 1.165) is 0 Å². The van der Waals surface area contributed by atoms with Crippen molar-refractivity contribution in [1.29, 1.82) is 0 Å². The van der Waals surface area contributed by atoms with Crippen molar-refractivity contribution < 1.29 is 68.1 Å². The highest BCUT2D eigenvalue weighted by atomic mass is 19.4. The monoisotopic (exact) mass is 506 g/mol. The van der Waals surface area contributed by atoms with Crippen LogP contribution in [0.2, 0.25) is 0 Å². The smallest absolute Gasteiger partial charge is 0.460 e. The molecule has 0 fully saturated rings. The maximum atomic E-state index is 13.3. The number of carbonyl (C=O) groups excluding carboxylic acids is 3. The van der Waals surface area contributed by atoms with Crippen molar-refractivity contribution >= 4 is 17.9 Å². The average Bonchev–Trinajstić information content (AvgIpc) is 2.68. The van der Waals surface area contributed by atoms with Gasteiger partial charge >= 0.3 is 41.9 Å². The second-order valence-corrected chi connectivity index (χ2v) is 7.42. The zero-order chi connectivity index (χ0) is 26.3. The third kappa shape index (κ3) is 8.25. The number of hydrogen-bond donors (Lipinski definition) is 0. The van der Waals surface area contributed by atoms with Gasteiger partial charge in [0.2, 0.25) is 0 Å². The van der Waals surface area contributed by atoms with E-state index in [2.05, 4.69) is 9.47 Å². The lowest BCUT2D eigenvalue weighted by molar-refractivity contribution is -0.397. The van der Waals surface area contributed by atoms with Gasteiger partial charge in [0.05, 0.1) is 31.3 Å². The molecule has 0 heterocycles. The average molecular weight is 506 g/mol. The largest absolute Gasteiger partial charge is 0.465 e. The molecule has 0 saturated carbocycles. The first-order chi connectivity index (χ1) is 14.7. The Morgan fingerprint density at radius 2 is 1.09 bits per heavy atom. The number of carbonyl (C=O) groups is 3. The van der Waals surface area contributed by atoms with Crippen LogP contribution in [-0.4, -0.2) is 61.7 Å². The first-order valence-electron chi connectivity index (χ1n) is 9.41. The van der Waals surface area contributed by atoms with Crippen LogP contribution in [0.25, 0.3) is 0 Å². The normalized spacial score (nSPS) is 13.5. The van der Waals surface area contributed by atoms with E-state index in [-0.39, 0.29) is 13.2 Å². The summed E-state index contributed by atoms with van der Waals surface area (Å²) in [5, 5.41) is 0. The zero-order valence-electron chi connectivity index (χ0n) is 17.8. The Bertz CT molecular complexity index is 689. The van der Waals surface area contributed by atoms with Crippen molar-refractivity contribution in [2.24, 2.45) is 5.41 Å². The zero-order valence-corrected chi connectivity index (χ0v) is 17.8. The number of esters is 3. The highest BCUT2D eigenvalue weighted by molar-refractivity contribution is 5.77. The minimum absolute atomic E-state index is 0.287. The Hall–Kier alpha value is -2.22. The molecule has 0 N–H and O–H groups in total. The van der Waals surface area contributed by atoms with Gasteiger partial charge in [0, 0.05) is 0 Å². The molecule has 0 amide bonds. The second-order valence-electron chi connectivity index (χ2n) is 7.42. The van der Waals surface area contributed by atoms with Gasteiger partial charge in [-0.15, -0.1) is 0 Å². The molecule has 0 aliphatic heterocycles. The third-order valence-corrected chi connectivity index (χ3v) is 4.44. The van der Waals surface area contributed by atoms with Crippen LogP contribution in [0.5, 0.6) is 0 Å². The number of hydrogen-bond acceptors (Lipinski definition) is 6. The summed E-state index contributed by atoms with van der Waals surface area (Å²) in [7, 11) is 0. The molecule has 194 valence electrons. The molecule has 0 unspecified atom stereocenters. The van der Waals surface area contributed by atoms with Gasteiger partial charge in [-0.25, -0.2) is 0 Å². The molecule has 0 aromatic heterocycles. The summed E-state index contributed by atoms with van der Waals surface area (Å²) < 4.78 is 128. The van der Waals surface area contributed by atoms with Crippen molar-refractivity contribution in [3.05, 3.63) is 0 Å². The molecule has 6 nitrogen and oxygen atoms in total. The molecule has 15 heteroatoms. The van der Waals surface area contributed by atoms with Crippen molar-refractivity contribution in [3.63, 3.8) is 0 Å². The highest BCUT2D eigenvalue weighted by Crippen LogP contribution is 2.53. The summed E-state index contributed by atoms with van der Waals surface area (Å²) in [6, 6.07) is 0. The van der Waals surface area contributed by atoms with E-state index in [1.807, 2.05) is 0 Å². The molecule has 0 rings (SSSR count). The van der Waals surface area contributed by atoms with E-state index >= 15 is 0 Å². The van der Waals surface area contributed by atoms with Crippen LogP contribution in [0.1, 0.15) is 46.5 Å². The second kappa shape index (κ2) is 11.3. The Labute approximate surface area is 182 Å². The number of rotatable bonds is 13. The van der Waals surface area contributed by atoms with Gasteiger partial charge in [0.1, 0.15) is 13.2 Å². The minimum Gasteiger partial charge on any atom is -0.465 e. The molecule has 0 aromatic rings. The van der Waals surface area contributed by atoms with E-state index in [0.29, 0.717) is 6.42 Å². The van der Waals surface area contributed by atoms with Crippen LogP contribution in [0.4, 0.5) is 39.5 Å². The molecule has 0 saturated heterocycles. The molecule has 0 bridgehead atoms. The quantitative estimate of drug-likeness (QED) is 0.156. The molecule has 0 atom stereocenters. The van der Waals surface area contributed by atoms with Gasteiger partial charge in [-0.3, -0.25) is 14.4 Å². The van der Waals surface area contributed by atoms with E-state index in [1.54, 1.807) is 20.8 Å². The first kappa shape index (κ1) is 30.8. The van der Waals surface area contributed by atoms with Gasteiger partial charge in [-0.1, -0.05) is 6.92 Å². The minimum atomic E-state index is -7.03. The van der Waals surface area contributed by atoms with Gasteiger partial charge in [-0.05, 0) is 20.3 Å². The lowest BCUT2D eigenvalue weighted by Crippen LogP contribution is -2.61. The fourth-order valence-electron chi connectivity index (χ4n) is 1.84. The highest BCUT2D eigenvalue weighted by Gasteiger charge is 2.81. The lowest BCUT2D eigenvalue weighted by Gasteiger charge is -2.33. The summed E-state index contributed by atoms with van der Waals surface area (Å²) in [5.41, 5.74) is -0.753. The Morgan fingerprint density at radius 3 is 1.52 bits per heavy atom. The number of alkyl halides is 9. The van der Waals surface area contributed by atoms with Crippen LogP contribution in [0, 0.1) is 5.41 Å². The van der Waals surface area contributed by atoms with Crippen molar-refractivity contribution in [2.45, 2.75) is 70.4 Å². The van der Waals surface area contributed by atoms with Crippen molar-refractivity contribution in [3.8, 4) is 0 Å². The van der Waals surface area contributed by atoms with Crippen LogP contribution >= 0.6 is 0 Å². The maximum Gasteiger partial charge on any atom is 0.460 e. The predicted molar refractivity (Wildman–Crippen MR) is 91.7 cm³/mol. The SMILES string of the molecule is CCC(C)(C)C(=O)OCCOC(=O)CCC(=O)OCCC(F)(F)C(F)(F)C(F)(F)C(F)(F)F. The summed E-state index contributed by atoms with van der Waals surface area (Å²) in [5.74, 6) is -22.6. The topological polar surface area (TPSA) is 78.9 Å². The number of ether oxygens (including phenoxy) is 3. The van der Waals surface area contributed by atoms with E-state index in [9.17, 15) is 53.9 Å². The molecule has 0 spiro atoms. The van der Waals surface area contributed by atoms with Gasteiger partial charge < -0.3 is 14.2 Å². The van der Waals surface area contributed by atoms with Crippen LogP contribution in [-0.2, 0) is 28.6 Å². The van der Waals surface area contributed by atoms with Crippen LogP contribution in [0.3, 0.4) is 0 Å². The van der Waals surface area contributed by atoms with Crippen molar-refractivity contribution in [1.82, 2.24) is 0 Å². The third-order valence-electron chi connectivity index (χ3n) is 4.44. The molecular weight excluding hydrogens is 483 g/mol.